The molecule has 0 aromatic heterocycles. The molecule has 16 heavy (non-hydrogen) atoms. The summed E-state index contributed by atoms with van der Waals surface area (Å²) in [6, 6.07) is 0. The van der Waals surface area contributed by atoms with Crippen molar-refractivity contribution < 1.29 is 19.4 Å². The largest absolute Gasteiger partial charge is 0.465 e. The van der Waals surface area contributed by atoms with E-state index in [-0.39, 0.29) is 18.1 Å². The highest BCUT2D eigenvalue weighted by molar-refractivity contribution is 6.00. The normalized spacial score (nSPS) is 38.2. The van der Waals surface area contributed by atoms with Crippen LogP contribution in [0.3, 0.4) is 0 Å². The highest BCUT2D eigenvalue weighted by Crippen LogP contribution is 2.44. The second-order valence-electron chi connectivity index (χ2n) is 4.95. The number of ether oxygens (including phenoxy) is 1. The highest BCUT2D eigenvalue weighted by atomic mass is 16.5. The van der Waals surface area contributed by atoms with Crippen LogP contribution in [-0.4, -0.2) is 29.1 Å². The Labute approximate surface area is 95.0 Å². The maximum absolute atomic E-state index is 11.9. The average molecular weight is 226 g/mol. The Morgan fingerprint density at radius 2 is 2.38 bits per heavy atom. The number of Topliss-reactive ketones (excluding diaryl/α,β-unsaturated/α-hetero) is 1. The minimum Gasteiger partial charge on any atom is -0.465 e. The first-order valence-corrected chi connectivity index (χ1v) is 5.97. The Kier molecular flexibility index (Phi) is 3.02. The summed E-state index contributed by atoms with van der Waals surface area (Å²) in [5, 5.41) is 10.1. The second-order valence-corrected chi connectivity index (χ2v) is 4.95. The fraction of sp³-hybridized carbons (Fsp3) is 0.833. The van der Waals surface area contributed by atoms with Crippen LogP contribution in [0.15, 0.2) is 0 Å². The molecule has 0 aromatic carbocycles. The molecule has 3 atom stereocenters. The number of aliphatic hydroxyl groups is 1. The third-order valence-electron chi connectivity index (χ3n) is 3.72. The maximum atomic E-state index is 11.9. The van der Waals surface area contributed by atoms with Gasteiger partial charge in [-0.25, -0.2) is 0 Å². The number of rotatable bonds is 2. The van der Waals surface area contributed by atoms with Crippen LogP contribution in [-0.2, 0) is 14.3 Å². The standard InChI is InChI=1S/C12H18O4/c1-2-16-11(14)10-8-4-3-5-12(15,6-8)7-9(10)13/h8,10,15H,2-7H2,1H3/t8-,10+,12+/m0/s1. The van der Waals surface area contributed by atoms with Crippen LogP contribution in [0.2, 0.25) is 0 Å². The van der Waals surface area contributed by atoms with Gasteiger partial charge in [0.2, 0.25) is 0 Å². The third kappa shape index (κ3) is 1.98. The van der Waals surface area contributed by atoms with Crippen molar-refractivity contribution in [3.8, 4) is 0 Å². The predicted octanol–water partition coefficient (Wildman–Crippen LogP) is 1.06. The SMILES string of the molecule is CCOC(=O)[C@H]1C(=O)C[C@@]2(O)CCC[C@H]1C2. The maximum Gasteiger partial charge on any atom is 0.316 e. The van der Waals surface area contributed by atoms with Crippen LogP contribution < -0.4 is 0 Å². The molecule has 90 valence electrons. The molecule has 2 fully saturated rings. The van der Waals surface area contributed by atoms with Crippen LogP contribution >= 0.6 is 0 Å². The van der Waals surface area contributed by atoms with Crippen molar-refractivity contribution in [3.05, 3.63) is 0 Å². The van der Waals surface area contributed by atoms with Gasteiger partial charge in [-0.1, -0.05) is 6.42 Å². The number of carbonyl (C=O) groups is 2. The molecule has 0 saturated heterocycles. The van der Waals surface area contributed by atoms with Crippen molar-refractivity contribution in [1.82, 2.24) is 0 Å². The molecule has 2 bridgehead atoms. The zero-order chi connectivity index (χ0) is 11.8. The van der Waals surface area contributed by atoms with Gasteiger partial charge in [-0.15, -0.1) is 0 Å². The number of fused-ring (bicyclic) bond motifs is 2. The number of hydrogen-bond acceptors (Lipinski definition) is 4. The molecular weight excluding hydrogens is 208 g/mol. The monoisotopic (exact) mass is 226 g/mol. The quantitative estimate of drug-likeness (QED) is 0.565. The van der Waals surface area contributed by atoms with Gasteiger partial charge in [0.05, 0.1) is 12.2 Å². The second kappa shape index (κ2) is 4.17. The Morgan fingerprint density at radius 1 is 1.62 bits per heavy atom. The fourth-order valence-electron chi connectivity index (χ4n) is 3.08. The molecule has 2 aliphatic rings. The minimum absolute atomic E-state index is 0.0148. The van der Waals surface area contributed by atoms with Crippen LogP contribution in [0, 0.1) is 11.8 Å². The van der Waals surface area contributed by atoms with Crippen molar-refractivity contribution in [1.29, 1.82) is 0 Å². The van der Waals surface area contributed by atoms with E-state index in [0.29, 0.717) is 19.4 Å². The van der Waals surface area contributed by atoms with E-state index in [1.54, 1.807) is 6.92 Å². The lowest BCUT2D eigenvalue weighted by molar-refractivity contribution is -0.163. The molecule has 0 aromatic rings. The molecule has 0 aliphatic heterocycles. The van der Waals surface area contributed by atoms with Crippen molar-refractivity contribution in [2.75, 3.05) is 6.61 Å². The fourth-order valence-corrected chi connectivity index (χ4v) is 3.08. The van der Waals surface area contributed by atoms with Gasteiger partial charge >= 0.3 is 5.97 Å². The summed E-state index contributed by atoms with van der Waals surface area (Å²) in [6.07, 6.45) is 3.11. The van der Waals surface area contributed by atoms with Crippen LogP contribution in [0.25, 0.3) is 0 Å². The molecule has 4 heteroatoms. The van der Waals surface area contributed by atoms with Gasteiger partial charge in [0.1, 0.15) is 11.7 Å². The molecule has 4 nitrogen and oxygen atoms in total. The molecule has 0 amide bonds. The lowest BCUT2D eigenvalue weighted by atomic mass is 9.64. The first-order valence-electron chi connectivity index (χ1n) is 5.97. The molecule has 0 spiro atoms. The molecular formula is C12H18O4. The van der Waals surface area contributed by atoms with E-state index in [1.165, 1.54) is 0 Å². The van der Waals surface area contributed by atoms with Gasteiger partial charge in [-0.05, 0) is 32.1 Å². The topological polar surface area (TPSA) is 63.6 Å². The van der Waals surface area contributed by atoms with Crippen LogP contribution in [0.5, 0.6) is 0 Å². The molecule has 2 saturated carbocycles. The zero-order valence-corrected chi connectivity index (χ0v) is 9.57. The molecule has 0 heterocycles. The van der Waals surface area contributed by atoms with Crippen molar-refractivity contribution in [3.63, 3.8) is 0 Å². The lowest BCUT2D eigenvalue weighted by Gasteiger charge is -2.43. The van der Waals surface area contributed by atoms with Crippen LogP contribution in [0.1, 0.15) is 39.0 Å². The number of esters is 1. The van der Waals surface area contributed by atoms with Crippen LogP contribution in [0.4, 0.5) is 0 Å². The first-order chi connectivity index (χ1) is 7.56. The summed E-state index contributed by atoms with van der Waals surface area (Å²) in [6.45, 7) is 2.04. The zero-order valence-electron chi connectivity index (χ0n) is 9.57. The van der Waals surface area contributed by atoms with Gasteiger partial charge in [0.25, 0.3) is 0 Å². The Balaban J connectivity index is 2.14. The van der Waals surface area contributed by atoms with E-state index in [2.05, 4.69) is 0 Å². The summed E-state index contributed by atoms with van der Waals surface area (Å²) in [5.41, 5.74) is -0.844. The third-order valence-corrected chi connectivity index (χ3v) is 3.72. The highest BCUT2D eigenvalue weighted by Gasteiger charge is 2.49. The molecule has 2 rings (SSSR count). The molecule has 0 radical (unpaired) electrons. The van der Waals surface area contributed by atoms with Crippen molar-refractivity contribution in [2.45, 2.75) is 44.6 Å². The van der Waals surface area contributed by atoms with E-state index < -0.39 is 17.5 Å². The van der Waals surface area contributed by atoms with Gasteiger partial charge in [0, 0.05) is 6.42 Å². The van der Waals surface area contributed by atoms with Gasteiger partial charge < -0.3 is 9.84 Å². The summed E-state index contributed by atoms with van der Waals surface area (Å²) in [5.74, 6) is -1.18. The summed E-state index contributed by atoms with van der Waals surface area (Å²) in [7, 11) is 0. The molecule has 1 N–H and O–H groups in total. The lowest BCUT2D eigenvalue weighted by Crippen LogP contribution is -2.50. The Morgan fingerprint density at radius 3 is 3.06 bits per heavy atom. The van der Waals surface area contributed by atoms with E-state index in [1.807, 2.05) is 0 Å². The minimum atomic E-state index is -0.844. The van der Waals surface area contributed by atoms with Gasteiger partial charge in [-0.3, -0.25) is 9.59 Å². The molecule has 0 unspecified atom stereocenters. The first kappa shape index (κ1) is 11.6. The van der Waals surface area contributed by atoms with Crippen molar-refractivity contribution in [2.24, 2.45) is 11.8 Å². The van der Waals surface area contributed by atoms with Gasteiger partial charge in [0.15, 0.2) is 0 Å². The Bertz CT molecular complexity index is 312. The van der Waals surface area contributed by atoms with E-state index in [0.717, 1.165) is 12.8 Å². The van der Waals surface area contributed by atoms with E-state index >= 15 is 0 Å². The van der Waals surface area contributed by atoms with E-state index in [9.17, 15) is 14.7 Å². The summed E-state index contributed by atoms with van der Waals surface area (Å²) < 4.78 is 4.93. The summed E-state index contributed by atoms with van der Waals surface area (Å²) >= 11 is 0. The Hall–Kier alpha value is -0.900. The number of hydrogen-bond donors (Lipinski definition) is 1. The van der Waals surface area contributed by atoms with Crippen molar-refractivity contribution >= 4 is 11.8 Å². The molecule has 2 aliphatic carbocycles. The number of ketones is 1. The smallest absolute Gasteiger partial charge is 0.316 e. The average Bonchev–Trinajstić information content (AvgIpc) is 2.15. The van der Waals surface area contributed by atoms with Gasteiger partial charge in [-0.2, -0.15) is 0 Å². The predicted molar refractivity (Wildman–Crippen MR) is 56.7 cm³/mol. The number of carbonyl (C=O) groups excluding carboxylic acids is 2. The summed E-state index contributed by atoms with van der Waals surface area (Å²) in [4.78, 5) is 23.6. The van der Waals surface area contributed by atoms with E-state index in [4.69, 9.17) is 4.74 Å².